The zero-order valence-corrected chi connectivity index (χ0v) is 12.9. The number of ether oxygens (including phenoxy) is 1. The summed E-state index contributed by atoms with van der Waals surface area (Å²) < 4.78 is 5.41. The van der Waals surface area contributed by atoms with E-state index in [4.69, 9.17) is 16.3 Å². The van der Waals surface area contributed by atoms with E-state index >= 15 is 0 Å². The fraction of sp³-hybridized carbons (Fsp3) is 0.562. The van der Waals surface area contributed by atoms with Crippen molar-refractivity contribution in [1.29, 1.82) is 0 Å². The molecule has 0 saturated carbocycles. The normalized spacial score (nSPS) is 27.0. The van der Waals surface area contributed by atoms with E-state index in [1.54, 1.807) is 0 Å². The van der Waals surface area contributed by atoms with Crippen molar-refractivity contribution in [1.82, 2.24) is 4.90 Å². The summed E-state index contributed by atoms with van der Waals surface area (Å²) in [4.78, 5) is 16.1. The summed E-state index contributed by atoms with van der Waals surface area (Å²) in [5, 5.41) is 0.776. The molecule has 0 spiro atoms. The zero-order chi connectivity index (χ0) is 14.7. The van der Waals surface area contributed by atoms with Gasteiger partial charge < -0.3 is 14.4 Å². The second-order valence-electron chi connectivity index (χ2n) is 6.03. The molecule has 1 aromatic rings. The molecule has 0 amide bonds. The van der Waals surface area contributed by atoms with Crippen molar-refractivity contribution in [3.05, 3.63) is 29.3 Å². The van der Waals surface area contributed by atoms with Gasteiger partial charge in [0.25, 0.3) is 0 Å². The average molecular weight is 309 g/mol. The van der Waals surface area contributed by atoms with Gasteiger partial charge in [-0.25, -0.2) is 0 Å². The maximum Gasteiger partial charge on any atom is 0.129 e. The van der Waals surface area contributed by atoms with Gasteiger partial charge in [0.2, 0.25) is 0 Å². The summed E-state index contributed by atoms with van der Waals surface area (Å²) in [5.41, 5.74) is 0.898. The number of carbonyl (C=O) groups excluding carboxylic acids is 1. The molecule has 0 N–H and O–H groups in total. The van der Waals surface area contributed by atoms with E-state index in [2.05, 4.69) is 15.9 Å². The Morgan fingerprint density at radius 3 is 2.71 bits per heavy atom. The number of hydrogen-bond acceptors (Lipinski definition) is 4. The third-order valence-electron chi connectivity index (χ3n) is 4.47. The number of piperazine rings is 1. The van der Waals surface area contributed by atoms with Gasteiger partial charge in [-0.05, 0) is 24.6 Å². The van der Waals surface area contributed by atoms with Crippen LogP contribution in [-0.2, 0) is 9.53 Å². The van der Waals surface area contributed by atoms with Gasteiger partial charge in [0.1, 0.15) is 6.29 Å². The molecule has 1 atom stereocenters. The van der Waals surface area contributed by atoms with Gasteiger partial charge >= 0.3 is 0 Å². The Kier molecular flexibility index (Phi) is 4.48. The van der Waals surface area contributed by atoms with Crippen molar-refractivity contribution in [2.45, 2.75) is 6.42 Å². The lowest BCUT2D eigenvalue weighted by molar-refractivity contribution is -0.117. The predicted octanol–water partition coefficient (Wildman–Crippen LogP) is 2.07. The highest BCUT2D eigenvalue weighted by atomic mass is 35.5. The summed E-state index contributed by atoms with van der Waals surface area (Å²) in [7, 11) is 0. The molecule has 2 fully saturated rings. The van der Waals surface area contributed by atoms with Crippen LogP contribution in [0.15, 0.2) is 24.3 Å². The number of anilines is 1. The molecule has 114 valence electrons. The first kappa shape index (κ1) is 14.8. The molecular weight excluding hydrogens is 288 g/mol. The second-order valence-corrected chi connectivity index (χ2v) is 6.46. The molecule has 2 aliphatic rings. The van der Waals surface area contributed by atoms with Crippen molar-refractivity contribution >= 4 is 23.6 Å². The van der Waals surface area contributed by atoms with E-state index < -0.39 is 0 Å². The smallest absolute Gasteiger partial charge is 0.129 e. The van der Waals surface area contributed by atoms with Gasteiger partial charge in [0.05, 0.1) is 12.0 Å². The van der Waals surface area contributed by atoms with Crippen LogP contribution in [0.25, 0.3) is 0 Å². The summed E-state index contributed by atoms with van der Waals surface area (Å²) in [5.74, 6) is 0. The number of halogens is 1. The molecule has 2 saturated heterocycles. The number of nitrogens with zero attached hydrogens (tertiary/aromatic N) is 2. The first-order valence-electron chi connectivity index (χ1n) is 7.48. The van der Waals surface area contributed by atoms with Crippen molar-refractivity contribution in [2.75, 3.05) is 50.8 Å². The van der Waals surface area contributed by atoms with Crippen LogP contribution in [-0.4, -0.2) is 57.1 Å². The van der Waals surface area contributed by atoms with E-state index in [-0.39, 0.29) is 5.41 Å². The van der Waals surface area contributed by atoms with Gasteiger partial charge in [0.15, 0.2) is 0 Å². The minimum Gasteiger partial charge on any atom is -0.380 e. The SMILES string of the molecule is O=CC1(CN2CCN(c3cccc(Cl)c3)CC2)CCOC1. The highest BCUT2D eigenvalue weighted by Gasteiger charge is 2.37. The number of carbonyl (C=O) groups is 1. The monoisotopic (exact) mass is 308 g/mol. The van der Waals surface area contributed by atoms with Gasteiger partial charge in [-0.2, -0.15) is 0 Å². The van der Waals surface area contributed by atoms with Crippen LogP contribution in [0.4, 0.5) is 5.69 Å². The Balaban J connectivity index is 1.56. The topological polar surface area (TPSA) is 32.8 Å². The van der Waals surface area contributed by atoms with Crippen LogP contribution in [0, 0.1) is 5.41 Å². The molecule has 0 radical (unpaired) electrons. The van der Waals surface area contributed by atoms with Crippen LogP contribution in [0.2, 0.25) is 5.02 Å². The fourth-order valence-electron chi connectivity index (χ4n) is 3.16. The lowest BCUT2D eigenvalue weighted by Crippen LogP contribution is -2.50. The molecular formula is C16H21ClN2O2. The van der Waals surface area contributed by atoms with E-state index in [1.807, 2.05) is 18.2 Å². The van der Waals surface area contributed by atoms with E-state index in [1.165, 1.54) is 5.69 Å². The summed E-state index contributed by atoms with van der Waals surface area (Å²) in [6.07, 6.45) is 1.95. The van der Waals surface area contributed by atoms with Crippen molar-refractivity contribution < 1.29 is 9.53 Å². The number of benzene rings is 1. The van der Waals surface area contributed by atoms with E-state index in [0.29, 0.717) is 13.2 Å². The highest BCUT2D eigenvalue weighted by molar-refractivity contribution is 6.30. The quantitative estimate of drug-likeness (QED) is 0.797. The molecule has 2 heterocycles. The highest BCUT2D eigenvalue weighted by Crippen LogP contribution is 2.28. The summed E-state index contributed by atoms with van der Waals surface area (Å²) >= 11 is 6.05. The molecule has 0 aliphatic carbocycles. The van der Waals surface area contributed by atoms with Crippen LogP contribution >= 0.6 is 11.6 Å². The van der Waals surface area contributed by atoms with Crippen LogP contribution in [0.5, 0.6) is 0 Å². The maximum absolute atomic E-state index is 11.4. The number of rotatable bonds is 4. The lowest BCUT2D eigenvalue weighted by Gasteiger charge is -2.38. The second kappa shape index (κ2) is 6.34. The molecule has 3 rings (SSSR count). The Labute approximate surface area is 130 Å². The van der Waals surface area contributed by atoms with Crippen molar-refractivity contribution in [3.63, 3.8) is 0 Å². The largest absolute Gasteiger partial charge is 0.380 e. The average Bonchev–Trinajstić information content (AvgIpc) is 2.97. The summed E-state index contributed by atoms with van der Waals surface area (Å²) in [6.45, 7) is 5.99. The van der Waals surface area contributed by atoms with Crippen LogP contribution in [0.1, 0.15) is 6.42 Å². The molecule has 2 aliphatic heterocycles. The molecule has 0 bridgehead atoms. The molecule has 4 nitrogen and oxygen atoms in total. The summed E-state index contributed by atoms with van der Waals surface area (Å²) in [6, 6.07) is 7.99. The van der Waals surface area contributed by atoms with E-state index in [9.17, 15) is 4.79 Å². The lowest BCUT2D eigenvalue weighted by atomic mass is 9.88. The first-order chi connectivity index (χ1) is 10.2. The number of hydrogen-bond donors (Lipinski definition) is 0. The van der Waals surface area contributed by atoms with E-state index in [0.717, 1.165) is 50.5 Å². The minimum absolute atomic E-state index is 0.280. The van der Waals surface area contributed by atoms with Gasteiger partial charge in [-0.15, -0.1) is 0 Å². The maximum atomic E-state index is 11.4. The van der Waals surface area contributed by atoms with Gasteiger partial charge in [-0.1, -0.05) is 17.7 Å². The third-order valence-corrected chi connectivity index (χ3v) is 4.70. The molecule has 1 unspecified atom stereocenters. The Morgan fingerprint density at radius 2 is 2.10 bits per heavy atom. The standard InChI is InChI=1S/C16H21ClN2O2/c17-14-2-1-3-15(10-14)19-7-5-18(6-8-19)11-16(12-20)4-9-21-13-16/h1-3,10,12H,4-9,11,13H2. The fourth-order valence-corrected chi connectivity index (χ4v) is 3.34. The zero-order valence-electron chi connectivity index (χ0n) is 12.1. The first-order valence-corrected chi connectivity index (χ1v) is 7.86. The van der Waals surface area contributed by atoms with Crippen molar-refractivity contribution in [3.8, 4) is 0 Å². The van der Waals surface area contributed by atoms with Gasteiger partial charge in [0, 0.05) is 50.0 Å². The Hall–Kier alpha value is -1.10. The number of aldehydes is 1. The van der Waals surface area contributed by atoms with Gasteiger partial charge in [-0.3, -0.25) is 4.90 Å². The third kappa shape index (κ3) is 3.39. The van der Waals surface area contributed by atoms with Crippen LogP contribution < -0.4 is 4.90 Å². The molecule has 21 heavy (non-hydrogen) atoms. The Morgan fingerprint density at radius 1 is 1.29 bits per heavy atom. The molecule has 0 aromatic heterocycles. The molecule has 1 aromatic carbocycles. The predicted molar refractivity (Wildman–Crippen MR) is 84.0 cm³/mol. The minimum atomic E-state index is -0.280. The molecule has 5 heteroatoms. The van der Waals surface area contributed by atoms with Crippen LogP contribution in [0.3, 0.4) is 0 Å². The Bertz CT molecular complexity index is 495. The van der Waals surface area contributed by atoms with Crippen molar-refractivity contribution in [2.24, 2.45) is 5.41 Å².